The number of nitrogens with zero attached hydrogens (tertiary/aromatic N) is 3. The van der Waals surface area contributed by atoms with E-state index in [1.54, 1.807) is 0 Å². The van der Waals surface area contributed by atoms with Gasteiger partial charge in [-0.05, 0) is 6.92 Å². The predicted molar refractivity (Wildman–Crippen MR) is 64.3 cm³/mol. The molecule has 1 aromatic heterocycles. The summed E-state index contributed by atoms with van der Waals surface area (Å²) >= 11 is 0. The minimum atomic E-state index is -4.54. The molecule has 112 valence electrons. The molecule has 1 unspecified atom stereocenters. The average Bonchev–Trinajstić information content (AvgIpc) is 2.70. The molecular formula is C12H15F4N3O. The number of ether oxygens (including phenoxy) is 1. The normalized spacial score (nSPS) is 23.4. The van der Waals surface area contributed by atoms with Gasteiger partial charge in [0.05, 0.1) is 13.2 Å². The fourth-order valence-electron chi connectivity index (χ4n) is 2.27. The van der Waals surface area contributed by atoms with E-state index in [1.807, 2.05) is 0 Å². The van der Waals surface area contributed by atoms with Gasteiger partial charge in [0.1, 0.15) is 17.3 Å². The largest absolute Gasteiger partial charge is 0.433 e. The zero-order chi connectivity index (χ0) is 15.0. The first-order chi connectivity index (χ1) is 9.23. The maximum atomic E-state index is 14.3. The van der Waals surface area contributed by atoms with E-state index < -0.39 is 17.5 Å². The molecule has 1 aromatic rings. The van der Waals surface area contributed by atoms with E-state index in [4.69, 9.17) is 4.74 Å². The fourth-order valence-corrected chi connectivity index (χ4v) is 2.27. The van der Waals surface area contributed by atoms with Crippen LogP contribution in [0.2, 0.25) is 0 Å². The summed E-state index contributed by atoms with van der Waals surface area (Å²) < 4.78 is 57.2. The molecule has 20 heavy (non-hydrogen) atoms. The third-order valence-electron chi connectivity index (χ3n) is 3.15. The van der Waals surface area contributed by atoms with Crippen LogP contribution in [0.1, 0.15) is 17.9 Å². The number of alkyl halides is 4. The van der Waals surface area contributed by atoms with Crippen LogP contribution in [-0.2, 0) is 10.9 Å². The summed E-state index contributed by atoms with van der Waals surface area (Å²) in [6, 6.07) is 0.853. The average molecular weight is 293 g/mol. The molecule has 2 heterocycles. The highest BCUT2D eigenvalue weighted by atomic mass is 19.4. The summed E-state index contributed by atoms with van der Waals surface area (Å²) in [6.45, 7) is 1.56. The van der Waals surface area contributed by atoms with Gasteiger partial charge < -0.3 is 9.64 Å². The summed E-state index contributed by atoms with van der Waals surface area (Å²) in [5, 5.41) is 0. The van der Waals surface area contributed by atoms with Crippen LogP contribution in [-0.4, -0.2) is 42.4 Å². The van der Waals surface area contributed by atoms with Crippen molar-refractivity contribution in [3.63, 3.8) is 0 Å². The molecular weight excluding hydrogens is 278 g/mol. The van der Waals surface area contributed by atoms with Gasteiger partial charge in [-0.25, -0.2) is 14.4 Å². The lowest BCUT2D eigenvalue weighted by Crippen LogP contribution is -2.33. The molecule has 1 aliphatic rings. The lowest BCUT2D eigenvalue weighted by atomic mass is 10.1. The van der Waals surface area contributed by atoms with Crippen molar-refractivity contribution < 1.29 is 22.3 Å². The third kappa shape index (κ3) is 3.17. The lowest BCUT2D eigenvalue weighted by Gasteiger charge is -2.21. The summed E-state index contributed by atoms with van der Waals surface area (Å²) in [7, 11) is 1.39. The second-order valence-electron chi connectivity index (χ2n) is 4.91. The van der Waals surface area contributed by atoms with E-state index in [0.717, 1.165) is 6.07 Å². The van der Waals surface area contributed by atoms with E-state index in [1.165, 1.54) is 18.9 Å². The highest BCUT2D eigenvalue weighted by molar-refractivity contribution is 5.42. The number of hydrogen-bond acceptors (Lipinski definition) is 4. The maximum Gasteiger partial charge on any atom is 0.433 e. The van der Waals surface area contributed by atoms with E-state index in [-0.39, 0.29) is 31.2 Å². The Morgan fingerprint density at radius 2 is 2.10 bits per heavy atom. The number of rotatable bonds is 3. The summed E-state index contributed by atoms with van der Waals surface area (Å²) in [4.78, 5) is 8.82. The molecule has 1 fully saturated rings. The molecule has 0 spiro atoms. The van der Waals surface area contributed by atoms with E-state index in [2.05, 4.69) is 9.97 Å². The van der Waals surface area contributed by atoms with E-state index >= 15 is 0 Å². The number of halogens is 4. The lowest BCUT2D eigenvalue weighted by molar-refractivity contribution is -0.141. The molecule has 0 bridgehead atoms. The Labute approximate surface area is 113 Å². The van der Waals surface area contributed by atoms with Crippen molar-refractivity contribution in [1.82, 2.24) is 9.97 Å². The number of methoxy groups -OCH3 is 1. The molecule has 0 aliphatic carbocycles. The molecule has 0 radical (unpaired) electrons. The zero-order valence-corrected chi connectivity index (χ0v) is 11.2. The van der Waals surface area contributed by atoms with Gasteiger partial charge in [-0.3, -0.25) is 0 Å². The van der Waals surface area contributed by atoms with Crippen molar-refractivity contribution in [3.8, 4) is 0 Å². The number of anilines is 1. The first-order valence-corrected chi connectivity index (χ1v) is 6.09. The molecule has 0 aromatic carbocycles. The smallest absolute Gasteiger partial charge is 0.381 e. The highest BCUT2D eigenvalue weighted by Gasteiger charge is 2.40. The Hall–Kier alpha value is -1.44. The van der Waals surface area contributed by atoms with Gasteiger partial charge in [-0.15, -0.1) is 0 Å². The van der Waals surface area contributed by atoms with Gasteiger partial charge in [0, 0.05) is 26.1 Å². The van der Waals surface area contributed by atoms with Crippen molar-refractivity contribution in [2.45, 2.75) is 25.2 Å². The second kappa shape index (κ2) is 5.16. The van der Waals surface area contributed by atoms with Crippen LogP contribution in [0, 0.1) is 6.92 Å². The quantitative estimate of drug-likeness (QED) is 0.802. The Balaban J connectivity index is 2.24. The number of hydrogen-bond donors (Lipinski definition) is 0. The van der Waals surface area contributed by atoms with Crippen LogP contribution in [0.4, 0.5) is 23.4 Å². The minimum Gasteiger partial charge on any atom is -0.381 e. The summed E-state index contributed by atoms with van der Waals surface area (Å²) in [6.07, 6.45) is -4.34. The topological polar surface area (TPSA) is 38.2 Å². The number of aryl methyl sites for hydroxylation is 1. The Morgan fingerprint density at radius 1 is 1.40 bits per heavy atom. The zero-order valence-electron chi connectivity index (χ0n) is 11.2. The van der Waals surface area contributed by atoms with E-state index in [0.29, 0.717) is 6.54 Å². The standard InChI is InChI=1S/C12H15F4N3O/c1-8-17-9(12(14,15)16)5-10(18-8)19-4-3-11(13,6-19)7-20-2/h5H,3-4,6-7H2,1-2H3. The van der Waals surface area contributed by atoms with Crippen molar-refractivity contribution >= 4 is 5.82 Å². The van der Waals surface area contributed by atoms with Crippen LogP contribution in [0.3, 0.4) is 0 Å². The van der Waals surface area contributed by atoms with Crippen LogP contribution < -0.4 is 4.90 Å². The van der Waals surface area contributed by atoms with Gasteiger partial charge >= 0.3 is 6.18 Å². The van der Waals surface area contributed by atoms with Crippen molar-refractivity contribution in [3.05, 3.63) is 17.6 Å². The van der Waals surface area contributed by atoms with Crippen molar-refractivity contribution in [2.75, 3.05) is 31.7 Å². The van der Waals surface area contributed by atoms with Gasteiger partial charge in [-0.1, -0.05) is 0 Å². The molecule has 1 saturated heterocycles. The van der Waals surface area contributed by atoms with Crippen molar-refractivity contribution in [2.24, 2.45) is 0 Å². The molecule has 1 aliphatic heterocycles. The second-order valence-corrected chi connectivity index (χ2v) is 4.91. The van der Waals surface area contributed by atoms with Crippen LogP contribution in [0.15, 0.2) is 6.07 Å². The molecule has 8 heteroatoms. The Bertz CT molecular complexity index is 494. The van der Waals surface area contributed by atoms with Gasteiger partial charge in [-0.2, -0.15) is 13.2 Å². The SMILES string of the molecule is COCC1(F)CCN(c2cc(C(F)(F)F)nc(C)n2)C1. The molecule has 2 rings (SSSR count). The monoisotopic (exact) mass is 293 g/mol. The first kappa shape index (κ1) is 15.0. The maximum absolute atomic E-state index is 14.3. The Morgan fingerprint density at radius 3 is 2.70 bits per heavy atom. The predicted octanol–water partition coefficient (Wildman–Crippen LogP) is 2.37. The minimum absolute atomic E-state index is 0.0120. The number of aromatic nitrogens is 2. The van der Waals surface area contributed by atoms with Gasteiger partial charge in [0.15, 0.2) is 5.67 Å². The molecule has 1 atom stereocenters. The third-order valence-corrected chi connectivity index (χ3v) is 3.15. The molecule has 0 amide bonds. The summed E-state index contributed by atoms with van der Waals surface area (Å²) in [5.74, 6) is 0.110. The fraction of sp³-hybridized carbons (Fsp3) is 0.667. The van der Waals surface area contributed by atoms with Crippen LogP contribution >= 0.6 is 0 Å². The van der Waals surface area contributed by atoms with Gasteiger partial charge in [0.25, 0.3) is 0 Å². The molecule has 4 nitrogen and oxygen atoms in total. The Kier molecular flexibility index (Phi) is 3.86. The van der Waals surface area contributed by atoms with Gasteiger partial charge in [0.2, 0.25) is 0 Å². The molecule has 0 saturated carbocycles. The molecule has 0 N–H and O–H groups in total. The summed E-state index contributed by atoms with van der Waals surface area (Å²) in [5.41, 5.74) is -2.56. The van der Waals surface area contributed by atoms with Crippen LogP contribution in [0.25, 0.3) is 0 Å². The van der Waals surface area contributed by atoms with Crippen LogP contribution in [0.5, 0.6) is 0 Å². The first-order valence-electron chi connectivity index (χ1n) is 6.09. The van der Waals surface area contributed by atoms with Crippen molar-refractivity contribution in [1.29, 1.82) is 0 Å². The highest BCUT2D eigenvalue weighted by Crippen LogP contribution is 2.33. The van der Waals surface area contributed by atoms with E-state index in [9.17, 15) is 17.6 Å².